The number of aromatic nitrogens is 1. The molecule has 1 saturated carbocycles. The third-order valence-electron chi connectivity index (χ3n) is 6.71. The predicted octanol–water partition coefficient (Wildman–Crippen LogP) is 3.38. The van der Waals surface area contributed by atoms with Gasteiger partial charge in [-0.25, -0.2) is 18.4 Å². The van der Waals surface area contributed by atoms with E-state index in [1.807, 2.05) is 54.6 Å². The summed E-state index contributed by atoms with van der Waals surface area (Å²) in [6.45, 7) is 0. The number of nitrogens with zero attached hydrogens (tertiary/aromatic N) is 4. The van der Waals surface area contributed by atoms with E-state index < -0.39 is 15.7 Å². The van der Waals surface area contributed by atoms with Gasteiger partial charge >= 0.3 is 0 Å². The topological polar surface area (TPSA) is 75.0 Å². The SMILES string of the molecule is CN(C1CCCCC1)S(=O)(=O)c1ccc(CC2(c3ccccn3)N=c3ccccc3=N2)cc1. The fourth-order valence-corrected chi connectivity index (χ4v) is 6.25. The van der Waals surface area contributed by atoms with Crippen molar-refractivity contribution in [2.24, 2.45) is 9.98 Å². The predicted molar refractivity (Wildman–Crippen MR) is 127 cm³/mol. The Morgan fingerprint density at radius 2 is 1.52 bits per heavy atom. The highest BCUT2D eigenvalue weighted by molar-refractivity contribution is 7.89. The van der Waals surface area contributed by atoms with Gasteiger partial charge in [-0.1, -0.05) is 49.6 Å². The van der Waals surface area contributed by atoms with E-state index in [4.69, 9.17) is 9.98 Å². The first kappa shape index (κ1) is 21.9. The first-order valence-corrected chi connectivity index (χ1v) is 13.0. The molecule has 0 spiro atoms. The van der Waals surface area contributed by atoms with Gasteiger partial charge in [0.15, 0.2) is 5.66 Å². The Morgan fingerprint density at radius 1 is 0.879 bits per heavy atom. The number of pyridine rings is 1. The van der Waals surface area contributed by atoms with Crippen LogP contribution in [-0.4, -0.2) is 30.8 Å². The lowest BCUT2D eigenvalue weighted by molar-refractivity contribution is 0.286. The van der Waals surface area contributed by atoms with Crippen molar-refractivity contribution in [1.82, 2.24) is 9.29 Å². The average Bonchev–Trinajstić information content (AvgIpc) is 3.24. The summed E-state index contributed by atoms with van der Waals surface area (Å²) in [5, 5.41) is 1.69. The van der Waals surface area contributed by atoms with E-state index in [0.29, 0.717) is 11.3 Å². The summed E-state index contributed by atoms with van der Waals surface area (Å²) in [5.41, 5.74) is 0.875. The summed E-state index contributed by atoms with van der Waals surface area (Å²) in [6, 6.07) is 20.8. The Morgan fingerprint density at radius 3 is 2.12 bits per heavy atom. The summed E-state index contributed by atoms with van der Waals surface area (Å²) < 4.78 is 28.0. The van der Waals surface area contributed by atoms with Crippen molar-refractivity contribution in [3.63, 3.8) is 0 Å². The van der Waals surface area contributed by atoms with Crippen LogP contribution < -0.4 is 10.7 Å². The Labute approximate surface area is 194 Å². The van der Waals surface area contributed by atoms with E-state index in [-0.39, 0.29) is 6.04 Å². The van der Waals surface area contributed by atoms with Gasteiger partial charge in [0.25, 0.3) is 0 Å². The molecule has 6 nitrogen and oxygen atoms in total. The zero-order chi connectivity index (χ0) is 22.9. The van der Waals surface area contributed by atoms with Gasteiger partial charge < -0.3 is 0 Å². The minimum absolute atomic E-state index is 0.0884. The van der Waals surface area contributed by atoms with Gasteiger partial charge in [-0.05, 0) is 54.8 Å². The van der Waals surface area contributed by atoms with Crippen LogP contribution >= 0.6 is 0 Å². The Kier molecular flexibility index (Phi) is 5.85. The van der Waals surface area contributed by atoms with E-state index >= 15 is 0 Å². The molecule has 2 aromatic carbocycles. The Balaban J connectivity index is 1.45. The molecule has 170 valence electrons. The second kappa shape index (κ2) is 8.80. The minimum Gasteiger partial charge on any atom is -0.257 e. The van der Waals surface area contributed by atoms with Crippen molar-refractivity contribution in [1.29, 1.82) is 0 Å². The third kappa shape index (κ3) is 4.23. The van der Waals surface area contributed by atoms with E-state index in [1.54, 1.807) is 29.7 Å². The van der Waals surface area contributed by atoms with Crippen molar-refractivity contribution in [3.05, 3.63) is 94.9 Å². The molecule has 0 N–H and O–H groups in total. The monoisotopic (exact) mass is 460 g/mol. The molecule has 0 radical (unpaired) electrons. The van der Waals surface area contributed by atoms with Gasteiger partial charge in [-0.2, -0.15) is 4.31 Å². The van der Waals surface area contributed by atoms with E-state index in [0.717, 1.165) is 47.7 Å². The number of sulfonamides is 1. The lowest BCUT2D eigenvalue weighted by Crippen LogP contribution is -2.38. The molecule has 1 fully saturated rings. The molecule has 5 rings (SSSR count). The lowest BCUT2D eigenvalue weighted by atomic mass is 9.96. The first-order chi connectivity index (χ1) is 16.0. The molecule has 2 heterocycles. The standard InChI is InChI=1S/C26H28N4O2S/c1-30(21-9-3-2-4-10-21)33(31,32)22-16-14-20(15-17-22)19-26(25-13-7-8-18-27-25)28-23-11-5-6-12-24(23)29-26/h5-8,11-18,21H,2-4,9-10,19H2,1H3. The molecule has 7 heteroatoms. The van der Waals surface area contributed by atoms with Gasteiger partial charge in [0, 0.05) is 25.7 Å². The normalized spacial score (nSPS) is 17.9. The van der Waals surface area contributed by atoms with Crippen LogP contribution in [0.4, 0.5) is 0 Å². The van der Waals surface area contributed by atoms with Crippen LogP contribution in [-0.2, 0) is 22.1 Å². The summed E-state index contributed by atoms with van der Waals surface area (Å²) in [7, 11) is -1.81. The van der Waals surface area contributed by atoms with E-state index in [1.165, 1.54) is 6.42 Å². The van der Waals surface area contributed by atoms with Crippen molar-refractivity contribution >= 4 is 10.0 Å². The van der Waals surface area contributed by atoms with Crippen LogP contribution in [0.2, 0.25) is 0 Å². The van der Waals surface area contributed by atoms with Gasteiger partial charge in [-0.15, -0.1) is 0 Å². The fourth-order valence-electron chi connectivity index (χ4n) is 4.83. The van der Waals surface area contributed by atoms with Crippen LogP contribution in [0, 0.1) is 0 Å². The molecule has 3 aromatic rings. The molecule has 0 atom stereocenters. The molecule has 1 aromatic heterocycles. The molecule has 1 aliphatic heterocycles. The number of para-hydroxylation sites is 2. The highest BCUT2D eigenvalue weighted by Crippen LogP contribution is 2.32. The Bertz CT molecular complexity index is 1310. The largest absolute Gasteiger partial charge is 0.257 e. The minimum atomic E-state index is -3.52. The summed E-state index contributed by atoms with van der Waals surface area (Å²) >= 11 is 0. The highest BCUT2D eigenvalue weighted by atomic mass is 32.2. The summed E-state index contributed by atoms with van der Waals surface area (Å²) in [5.74, 6) is 0. The zero-order valence-corrected chi connectivity index (χ0v) is 19.6. The zero-order valence-electron chi connectivity index (χ0n) is 18.8. The molecular weight excluding hydrogens is 432 g/mol. The van der Waals surface area contributed by atoms with Gasteiger partial charge in [0.1, 0.15) is 0 Å². The molecule has 2 aliphatic rings. The van der Waals surface area contributed by atoms with Crippen molar-refractivity contribution in [3.8, 4) is 0 Å². The maximum Gasteiger partial charge on any atom is 0.243 e. The van der Waals surface area contributed by atoms with Crippen molar-refractivity contribution in [2.75, 3.05) is 7.05 Å². The second-order valence-corrected chi connectivity index (χ2v) is 10.9. The van der Waals surface area contributed by atoms with Crippen LogP contribution in [0.25, 0.3) is 0 Å². The first-order valence-electron chi connectivity index (χ1n) is 11.5. The molecular formula is C26H28N4O2S. The van der Waals surface area contributed by atoms with E-state index in [9.17, 15) is 8.42 Å². The van der Waals surface area contributed by atoms with E-state index in [2.05, 4.69) is 4.98 Å². The van der Waals surface area contributed by atoms with Gasteiger partial charge in [0.05, 0.1) is 21.3 Å². The van der Waals surface area contributed by atoms with Crippen LogP contribution in [0.15, 0.2) is 87.8 Å². The van der Waals surface area contributed by atoms with Gasteiger partial charge in [0.2, 0.25) is 10.0 Å². The van der Waals surface area contributed by atoms with Crippen LogP contribution in [0.1, 0.15) is 43.4 Å². The Hall–Kier alpha value is -2.90. The molecule has 0 bridgehead atoms. The number of hydrogen-bond donors (Lipinski definition) is 0. The molecule has 0 amide bonds. The highest BCUT2D eigenvalue weighted by Gasteiger charge is 2.35. The third-order valence-corrected chi connectivity index (χ3v) is 8.63. The smallest absolute Gasteiger partial charge is 0.243 e. The fraction of sp³-hybridized carbons (Fsp3) is 0.346. The van der Waals surface area contributed by atoms with Gasteiger partial charge in [-0.3, -0.25) is 4.98 Å². The molecule has 1 aliphatic carbocycles. The second-order valence-electron chi connectivity index (χ2n) is 8.88. The van der Waals surface area contributed by atoms with Crippen LogP contribution in [0.3, 0.4) is 0 Å². The van der Waals surface area contributed by atoms with Crippen molar-refractivity contribution < 1.29 is 8.42 Å². The number of fused-ring (bicyclic) bond motifs is 1. The summed E-state index contributed by atoms with van der Waals surface area (Å²) in [4.78, 5) is 14.8. The maximum atomic E-state index is 13.2. The number of rotatable bonds is 6. The maximum absolute atomic E-state index is 13.2. The van der Waals surface area contributed by atoms with Crippen molar-refractivity contribution in [2.45, 2.75) is 55.1 Å². The number of benzene rings is 2. The molecule has 33 heavy (non-hydrogen) atoms. The van der Waals surface area contributed by atoms with Crippen LogP contribution in [0.5, 0.6) is 0 Å². The quantitative estimate of drug-likeness (QED) is 0.566. The summed E-state index contributed by atoms with van der Waals surface area (Å²) in [6.07, 6.45) is 7.49. The number of hydrogen-bond acceptors (Lipinski definition) is 5. The average molecular weight is 461 g/mol. The molecule has 0 saturated heterocycles. The lowest BCUT2D eigenvalue weighted by Gasteiger charge is -2.30. The molecule has 0 unspecified atom stereocenters.